The summed E-state index contributed by atoms with van der Waals surface area (Å²) >= 11 is 0. The van der Waals surface area contributed by atoms with Gasteiger partial charge < -0.3 is 107 Å². The first-order valence-electron chi connectivity index (χ1n) is 28.8. The Morgan fingerprint density at radius 2 is 0.966 bits per heavy atom. The molecule has 5 heterocycles. The lowest BCUT2D eigenvalue weighted by molar-refractivity contribution is -0.376. The number of rotatable bonds is 28. The number of benzene rings is 2. The predicted molar refractivity (Wildman–Crippen MR) is 304 cm³/mol. The molecule has 29 heteroatoms. The molecular formula is C58H87N7O22. The van der Waals surface area contributed by atoms with Gasteiger partial charge in [-0.2, -0.15) is 0 Å². The summed E-state index contributed by atoms with van der Waals surface area (Å²) in [6.07, 6.45) is -14.7. The molecule has 5 aliphatic heterocycles. The van der Waals surface area contributed by atoms with Gasteiger partial charge in [0, 0.05) is 96.2 Å². The fraction of sp³-hybridized carbons (Fsp3) is 0.690. The molecule has 0 aromatic heterocycles. The number of nitrogens with zero attached hydrogens (tertiary/aromatic N) is 1. The Labute approximate surface area is 506 Å². The van der Waals surface area contributed by atoms with Crippen LogP contribution in [0.25, 0.3) is 11.1 Å². The van der Waals surface area contributed by atoms with Crippen molar-refractivity contribution in [1.29, 1.82) is 0 Å². The molecule has 2 aromatic rings. The zero-order valence-electron chi connectivity index (χ0n) is 51.5. The van der Waals surface area contributed by atoms with Crippen LogP contribution >= 0.6 is 0 Å². The summed E-state index contributed by atoms with van der Waals surface area (Å²) in [4.78, 5) is 53.3. The van der Waals surface area contributed by atoms with Gasteiger partial charge in [0.15, 0.2) is 25.0 Å². The number of hydrogen-bond acceptors (Lipinski definition) is 25. The van der Waals surface area contributed by atoms with E-state index in [9.17, 15) is 19.2 Å². The number of carbonyl (C=O) groups is 4. The van der Waals surface area contributed by atoms with Crippen LogP contribution in [0, 0.1) is 5.92 Å². The Hall–Kier alpha value is -5.26. The first-order chi connectivity index (χ1) is 42.1. The maximum atomic E-state index is 13.5. The standard InChI is InChI=1S/C58H87N7O22/c1-29-37(26-70-3)83-54(49(77-10)43(29)73-6)61-40(66)22-59-53(68)36-24-65(64-63-36)42-30(2)82-56(51(79-12)46(42)74-7)86-45-39(28-72-5)85-57(52(80-13)48(45)76-9)87-44-38(27-71-4)84-55(50(78-11)47(44)75-8)62-41(67)23-60-58(69)81-25-35-33-20-16-14-18-31(33)32-19-15-17-21-34(32)35/h14-21,24,29-30,35,37-39,42-52,54-57,63-64H,22-23,25-28H2,1-13H3,(H,59,68)(H,60,69)(H,61,66)(H,62,67)/t29-,30?,37?,38?,39?,42+,43+,44-,45-,46+,47+,48+,49?,50?,51?,52?,54?,55?,56-,57-/m0/s1. The summed E-state index contributed by atoms with van der Waals surface area (Å²) in [6.45, 7) is 3.24. The highest BCUT2D eigenvalue weighted by atomic mass is 16.8. The smallest absolute Gasteiger partial charge is 0.407 e. The number of amides is 4. The lowest BCUT2D eigenvalue weighted by atomic mass is 9.90. The Balaban J connectivity index is 0.878. The Kier molecular flexibility index (Phi) is 24.9. The minimum Gasteiger partial charge on any atom is -0.449 e. The fourth-order valence-corrected chi connectivity index (χ4v) is 12.5. The number of nitrogens with one attached hydrogen (secondary N) is 6. The van der Waals surface area contributed by atoms with Gasteiger partial charge in [-0.1, -0.05) is 55.5 Å². The third kappa shape index (κ3) is 15.2. The Morgan fingerprint density at radius 3 is 1.51 bits per heavy atom. The van der Waals surface area contributed by atoms with E-state index >= 15 is 0 Å². The molecule has 10 unspecified atom stereocenters. The van der Waals surface area contributed by atoms with Gasteiger partial charge in [0.25, 0.3) is 5.91 Å². The van der Waals surface area contributed by atoms with Crippen molar-refractivity contribution in [1.82, 2.24) is 37.2 Å². The third-order valence-electron chi connectivity index (χ3n) is 16.7. The molecule has 6 N–H and O–H groups in total. The zero-order valence-corrected chi connectivity index (χ0v) is 51.5. The molecule has 2 aromatic carbocycles. The molecule has 4 amide bonds. The lowest BCUT2D eigenvalue weighted by Crippen LogP contribution is -2.69. The van der Waals surface area contributed by atoms with Gasteiger partial charge in [0.2, 0.25) is 11.8 Å². The van der Waals surface area contributed by atoms with Crippen LogP contribution in [0.15, 0.2) is 60.4 Å². The van der Waals surface area contributed by atoms with Crippen LogP contribution in [0.3, 0.4) is 0 Å². The molecule has 87 heavy (non-hydrogen) atoms. The van der Waals surface area contributed by atoms with Gasteiger partial charge in [0.05, 0.1) is 44.7 Å². The molecular weight excluding hydrogens is 1150 g/mol. The molecule has 29 nitrogen and oxygen atoms in total. The molecule has 0 spiro atoms. The maximum Gasteiger partial charge on any atom is 0.407 e. The van der Waals surface area contributed by atoms with Crippen molar-refractivity contribution in [2.24, 2.45) is 5.92 Å². The van der Waals surface area contributed by atoms with Crippen molar-refractivity contribution in [2.45, 2.75) is 136 Å². The Morgan fingerprint density at radius 1 is 0.506 bits per heavy atom. The highest BCUT2D eigenvalue weighted by Crippen LogP contribution is 2.45. The van der Waals surface area contributed by atoms with Crippen LogP contribution in [0.2, 0.25) is 0 Å². The molecule has 0 radical (unpaired) electrons. The quantitative estimate of drug-likeness (QED) is 0.0642. The molecule has 1 aliphatic carbocycles. The van der Waals surface area contributed by atoms with E-state index in [1.165, 1.54) is 70.2 Å². The van der Waals surface area contributed by atoms with Crippen molar-refractivity contribution in [3.63, 3.8) is 0 Å². The van der Waals surface area contributed by atoms with Crippen molar-refractivity contribution in [2.75, 3.05) is 118 Å². The highest BCUT2D eigenvalue weighted by Gasteiger charge is 2.57. The molecule has 4 saturated heterocycles. The van der Waals surface area contributed by atoms with Gasteiger partial charge in [-0.3, -0.25) is 24.8 Å². The van der Waals surface area contributed by atoms with E-state index in [1.807, 2.05) is 62.4 Å². The molecule has 0 saturated carbocycles. The molecule has 20 atom stereocenters. The number of carbonyl (C=O) groups excluding carboxylic acids is 4. The predicted octanol–water partition coefficient (Wildman–Crippen LogP) is -0.206. The van der Waals surface area contributed by atoms with Crippen molar-refractivity contribution < 1.29 is 104 Å². The minimum atomic E-state index is -1.19. The average molecular weight is 1230 g/mol. The fourth-order valence-electron chi connectivity index (χ4n) is 12.5. The first kappa shape index (κ1) is 67.7. The summed E-state index contributed by atoms with van der Waals surface area (Å²) in [6, 6.07) is 15.4. The van der Waals surface area contributed by atoms with Crippen LogP contribution < -0.4 is 32.2 Å². The first-order valence-corrected chi connectivity index (χ1v) is 28.8. The van der Waals surface area contributed by atoms with Gasteiger partial charge in [-0.05, 0) is 29.2 Å². The van der Waals surface area contributed by atoms with E-state index in [0.29, 0.717) is 0 Å². The largest absolute Gasteiger partial charge is 0.449 e. The van der Waals surface area contributed by atoms with Crippen LogP contribution in [0.4, 0.5) is 4.79 Å². The van der Waals surface area contributed by atoms with Gasteiger partial charge in [0.1, 0.15) is 92.0 Å². The third-order valence-corrected chi connectivity index (χ3v) is 16.7. The second-order valence-corrected chi connectivity index (χ2v) is 21.6. The molecule has 8 rings (SSSR count). The van der Waals surface area contributed by atoms with Gasteiger partial charge in [-0.15, -0.1) is 5.53 Å². The van der Waals surface area contributed by atoms with Crippen molar-refractivity contribution in [3.8, 4) is 11.1 Å². The average Bonchev–Trinajstić information content (AvgIpc) is 1.88. The normalized spacial score (nSPS) is 34.0. The molecule has 0 bridgehead atoms. The van der Waals surface area contributed by atoms with E-state index in [-0.39, 0.29) is 56.6 Å². The van der Waals surface area contributed by atoms with E-state index in [1.54, 1.807) is 19.2 Å². The number of methoxy groups -OCH3 is 11. The van der Waals surface area contributed by atoms with E-state index in [4.69, 9.17) is 85.3 Å². The number of ether oxygens (including phenoxy) is 18. The summed E-state index contributed by atoms with van der Waals surface area (Å²) < 4.78 is 110. The number of hydrogen-bond donors (Lipinski definition) is 6. The van der Waals surface area contributed by atoms with Gasteiger partial charge in [-0.25, -0.2) is 4.79 Å². The summed E-state index contributed by atoms with van der Waals surface area (Å²) in [5.74, 6) is -1.97. The monoisotopic (exact) mass is 1230 g/mol. The lowest BCUT2D eigenvalue weighted by Gasteiger charge is -2.51. The summed E-state index contributed by atoms with van der Waals surface area (Å²) in [7, 11) is 16.5. The van der Waals surface area contributed by atoms with Gasteiger partial charge >= 0.3 is 6.09 Å². The number of hydrazine groups is 2. The number of alkyl carbamates (subject to hydrolysis) is 1. The zero-order chi connectivity index (χ0) is 62.5. The van der Waals surface area contributed by atoms with Crippen molar-refractivity contribution in [3.05, 3.63) is 71.6 Å². The highest BCUT2D eigenvalue weighted by molar-refractivity contribution is 5.95. The molecule has 4 fully saturated rings. The second kappa shape index (κ2) is 32.0. The topological polar surface area (TPSA) is 310 Å². The van der Waals surface area contributed by atoms with Crippen LogP contribution in [-0.2, 0) is 99.6 Å². The maximum absolute atomic E-state index is 13.5. The molecule has 486 valence electrons. The SMILES string of the molecule is COCC1OC(NC(=O)CNC(=O)C2=CN([C@@H]3C(C)O[C@@H](O[C@H]4C(COC)O[C@@H](O[C@H]5C(COC)OC(NC(=O)CNC(=O)OCC6c7ccccc7-c7ccccc76)C(OC)[C@@H]5OC)C(OC)[C@@H]4OC)C(OC)[C@@H]3OC)NN2)C(OC)[C@H](OC)[C@H]1C. The minimum absolute atomic E-state index is 0.0164. The van der Waals surface area contributed by atoms with E-state index < -0.39 is 141 Å². The molecule has 6 aliphatic rings. The summed E-state index contributed by atoms with van der Waals surface area (Å²) in [5, 5.41) is 12.4. The second-order valence-electron chi connectivity index (χ2n) is 21.6. The van der Waals surface area contributed by atoms with Crippen LogP contribution in [-0.4, -0.2) is 263 Å². The van der Waals surface area contributed by atoms with E-state index in [0.717, 1.165) is 22.3 Å². The van der Waals surface area contributed by atoms with Crippen LogP contribution in [0.1, 0.15) is 30.9 Å². The number of fused-ring (bicyclic) bond motifs is 3. The van der Waals surface area contributed by atoms with Crippen LogP contribution in [0.5, 0.6) is 0 Å². The van der Waals surface area contributed by atoms with E-state index in [2.05, 4.69) is 32.2 Å². The van der Waals surface area contributed by atoms with Crippen molar-refractivity contribution >= 4 is 23.8 Å². The summed E-state index contributed by atoms with van der Waals surface area (Å²) in [5.41, 5.74) is 10.2. The Bertz CT molecular complexity index is 2550.